The fraction of sp³-hybridized carbons (Fsp3) is 0.167. The van der Waals surface area contributed by atoms with Gasteiger partial charge in [0.2, 0.25) is 11.8 Å². The number of nitrogens with two attached hydrogens (primary N) is 2. The normalized spacial score (nSPS) is 11.0. The number of nitrogen functional groups attached to an aromatic ring is 2. The number of ether oxygens (including phenoxy) is 2. The molecule has 0 spiro atoms. The first-order valence-corrected chi connectivity index (χ1v) is 10.1. The number of hydrogen-bond acceptors (Lipinski definition) is 8. The summed E-state index contributed by atoms with van der Waals surface area (Å²) in [5.41, 5.74) is 15.0. The highest BCUT2D eigenvalue weighted by Crippen LogP contribution is 2.41. The van der Waals surface area contributed by atoms with Crippen LogP contribution in [0.4, 0.5) is 11.6 Å². The minimum atomic E-state index is -0.374. The van der Waals surface area contributed by atoms with E-state index >= 15 is 0 Å². The van der Waals surface area contributed by atoms with Crippen LogP contribution in [-0.4, -0.2) is 34.2 Å². The minimum Gasteiger partial charge on any atom is -0.481 e. The topological polar surface area (TPSA) is 122 Å². The Bertz CT molecular complexity index is 1120. The van der Waals surface area contributed by atoms with Crippen molar-refractivity contribution in [3.8, 4) is 11.8 Å². The summed E-state index contributed by atoms with van der Waals surface area (Å²) in [5, 5.41) is 0. The Morgan fingerprint density at radius 2 is 0.875 bits per heavy atom. The Morgan fingerprint density at radius 3 is 1.22 bits per heavy atom. The maximum Gasteiger partial charge on any atom is 0.213 e. The average Bonchev–Trinajstić information content (AvgIpc) is 2.82. The molecule has 0 aromatic carbocycles. The van der Waals surface area contributed by atoms with E-state index in [1.54, 1.807) is 38.5 Å². The molecule has 0 aliphatic heterocycles. The molecule has 0 radical (unpaired) electrons. The van der Waals surface area contributed by atoms with E-state index in [0.717, 1.165) is 22.8 Å². The van der Waals surface area contributed by atoms with Crippen LogP contribution in [0.15, 0.2) is 72.8 Å². The molecule has 0 saturated carbocycles. The molecule has 4 aromatic rings. The molecule has 0 atom stereocenters. The molecule has 4 N–H and O–H groups in total. The molecular weight excluding hydrogens is 404 g/mol. The standard InChI is InChI=1S/C24H24N6O2/c1-31-21-13-5-9-17(29-21)24(18-10-6-14-22(30-18)32-2)23(15-7-3-11-19(25)27-15)16-8-4-12-20(26)28-16/h3-14,23-24H,1-2H3,(H2,25,27)(H2,26,28). The molecule has 0 bridgehead atoms. The highest BCUT2D eigenvalue weighted by Gasteiger charge is 2.33. The van der Waals surface area contributed by atoms with Crippen LogP contribution in [0.2, 0.25) is 0 Å². The summed E-state index contributed by atoms with van der Waals surface area (Å²) in [6, 6.07) is 22.3. The molecule has 4 heterocycles. The van der Waals surface area contributed by atoms with Crippen molar-refractivity contribution in [2.45, 2.75) is 11.8 Å². The van der Waals surface area contributed by atoms with E-state index in [4.69, 9.17) is 30.9 Å². The van der Waals surface area contributed by atoms with Crippen LogP contribution in [0, 0.1) is 0 Å². The smallest absolute Gasteiger partial charge is 0.213 e. The van der Waals surface area contributed by atoms with E-state index in [1.807, 2.05) is 48.5 Å². The van der Waals surface area contributed by atoms with E-state index in [9.17, 15) is 0 Å². The minimum absolute atomic E-state index is 0.371. The molecule has 0 amide bonds. The van der Waals surface area contributed by atoms with Gasteiger partial charge < -0.3 is 20.9 Å². The number of pyridine rings is 4. The van der Waals surface area contributed by atoms with Crippen LogP contribution in [-0.2, 0) is 0 Å². The van der Waals surface area contributed by atoms with Crippen LogP contribution < -0.4 is 20.9 Å². The third-order valence-electron chi connectivity index (χ3n) is 5.10. The van der Waals surface area contributed by atoms with Gasteiger partial charge in [0.1, 0.15) is 11.6 Å². The fourth-order valence-electron chi connectivity index (χ4n) is 3.71. The summed E-state index contributed by atoms with van der Waals surface area (Å²) in [5.74, 6) is 1.06. The number of methoxy groups -OCH3 is 2. The average molecular weight is 428 g/mol. The lowest BCUT2D eigenvalue weighted by Crippen LogP contribution is -2.20. The van der Waals surface area contributed by atoms with Crippen molar-refractivity contribution in [2.24, 2.45) is 0 Å². The number of nitrogens with zero attached hydrogens (tertiary/aromatic N) is 4. The van der Waals surface area contributed by atoms with Gasteiger partial charge in [-0.3, -0.25) is 0 Å². The summed E-state index contributed by atoms with van der Waals surface area (Å²) < 4.78 is 10.8. The number of hydrogen-bond donors (Lipinski definition) is 2. The van der Waals surface area contributed by atoms with Gasteiger partial charge >= 0.3 is 0 Å². The first-order valence-electron chi connectivity index (χ1n) is 10.1. The Balaban J connectivity index is 1.99. The highest BCUT2D eigenvalue weighted by molar-refractivity contribution is 5.42. The lowest BCUT2D eigenvalue weighted by molar-refractivity contribution is 0.391. The van der Waals surface area contributed by atoms with Crippen molar-refractivity contribution in [1.29, 1.82) is 0 Å². The van der Waals surface area contributed by atoms with Crippen LogP contribution >= 0.6 is 0 Å². The SMILES string of the molecule is COc1cccc(C(c2cccc(OC)n2)C(c2cccc(N)n2)c2cccc(N)n2)n1. The van der Waals surface area contributed by atoms with E-state index in [-0.39, 0.29) is 11.8 Å². The van der Waals surface area contributed by atoms with Crippen LogP contribution in [0.25, 0.3) is 0 Å². The van der Waals surface area contributed by atoms with Crippen molar-refractivity contribution in [3.05, 3.63) is 95.6 Å². The quantitative estimate of drug-likeness (QED) is 0.459. The molecule has 0 fully saturated rings. The molecule has 0 saturated heterocycles. The van der Waals surface area contributed by atoms with E-state index in [2.05, 4.69) is 9.97 Å². The van der Waals surface area contributed by atoms with Crippen LogP contribution in [0.3, 0.4) is 0 Å². The predicted octanol–water partition coefficient (Wildman–Crippen LogP) is 3.41. The van der Waals surface area contributed by atoms with Gasteiger partial charge in [-0.1, -0.05) is 24.3 Å². The summed E-state index contributed by atoms with van der Waals surface area (Å²) in [7, 11) is 3.17. The van der Waals surface area contributed by atoms with Crippen molar-refractivity contribution < 1.29 is 9.47 Å². The van der Waals surface area contributed by atoms with Gasteiger partial charge in [-0.05, 0) is 36.4 Å². The Kier molecular flexibility index (Phi) is 6.12. The molecule has 162 valence electrons. The zero-order valence-corrected chi connectivity index (χ0v) is 17.8. The molecule has 0 unspecified atom stereocenters. The molecule has 8 nitrogen and oxygen atoms in total. The van der Waals surface area contributed by atoms with E-state index < -0.39 is 0 Å². The van der Waals surface area contributed by atoms with Gasteiger partial charge in [0.15, 0.2) is 0 Å². The van der Waals surface area contributed by atoms with Crippen molar-refractivity contribution in [2.75, 3.05) is 25.7 Å². The van der Waals surface area contributed by atoms with E-state index in [0.29, 0.717) is 23.4 Å². The van der Waals surface area contributed by atoms with Gasteiger partial charge in [-0.2, -0.15) is 0 Å². The second-order valence-corrected chi connectivity index (χ2v) is 7.14. The summed E-state index contributed by atoms with van der Waals surface area (Å²) in [6.45, 7) is 0. The zero-order valence-electron chi connectivity index (χ0n) is 17.8. The van der Waals surface area contributed by atoms with Gasteiger partial charge in [0, 0.05) is 12.1 Å². The lowest BCUT2D eigenvalue weighted by Gasteiger charge is -2.27. The molecule has 8 heteroatoms. The molecular formula is C24H24N6O2. The molecule has 0 aliphatic rings. The number of aromatic nitrogens is 4. The maximum atomic E-state index is 6.05. The highest BCUT2D eigenvalue weighted by atomic mass is 16.5. The predicted molar refractivity (Wildman–Crippen MR) is 123 cm³/mol. The van der Waals surface area contributed by atoms with Gasteiger partial charge in [-0.15, -0.1) is 0 Å². The zero-order chi connectivity index (χ0) is 22.5. The number of anilines is 2. The first-order chi connectivity index (χ1) is 15.6. The second kappa shape index (κ2) is 9.30. The van der Waals surface area contributed by atoms with Crippen molar-refractivity contribution >= 4 is 11.6 Å². The van der Waals surface area contributed by atoms with Crippen LogP contribution in [0.1, 0.15) is 34.6 Å². The maximum absolute atomic E-state index is 6.05. The fourth-order valence-corrected chi connectivity index (χ4v) is 3.71. The molecule has 0 aliphatic carbocycles. The molecule has 32 heavy (non-hydrogen) atoms. The Labute approximate surface area is 186 Å². The van der Waals surface area contributed by atoms with Gasteiger partial charge in [-0.25, -0.2) is 19.9 Å². The van der Waals surface area contributed by atoms with Crippen molar-refractivity contribution in [3.63, 3.8) is 0 Å². The summed E-state index contributed by atoms with van der Waals surface area (Å²) in [6.07, 6.45) is 0. The lowest BCUT2D eigenvalue weighted by atomic mass is 9.81. The Hall–Kier alpha value is -4.20. The summed E-state index contributed by atoms with van der Waals surface area (Å²) in [4.78, 5) is 18.7. The largest absolute Gasteiger partial charge is 0.481 e. The monoisotopic (exact) mass is 428 g/mol. The number of rotatable bonds is 7. The third kappa shape index (κ3) is 4.44. The van der Waals surface area contributed by atoms with Crippen LogP contribution in [0.5, 0.6) is 11.8 Å². The third-order valence-corrected chi connectivity index (χ3v) is 5.10. The summed E-state index contributed by atoms with van der Waals surface area (Å²) >= 11 is 0. The second-order valence-electron chi connectivity index (χ2n) is 7.14. The van der Waals surface area contributed by atoms with E-state index in [1.165, 1.54) is 0 Å². The Morgan fingerprint density at radius 1 is 0.531 bits per heavy atom. The molecule has 4 rings (SSSR count). The van der Waals surface area contributed by atoms with Gasteiger partial charge in [0.05, 0.1) is 48.8 Å². The first kappa shape index (κ1) is 21.0. The van der Waals surface area contributed by atoms with Crippen molar-refractivity contribution in [1.82, 2.24) is 19.9 Å². The van der Waals surface area contributed by atoms with Gasteiger partial charge in [0.25, 0.3) is 0 Å². The molecule has 4 aromatic heterocycles.